The Kier molecular flexibility index (Phi) is 4.57. The van der Waals surface area contributed by atoms with Crippen LogP contribution in [0.1, 0.15) is 18.4 Å². The minimum absolute atomic E-state index is 0.153. The molecule has 0 unspecified atom stereocenters. The van der Waals surface area contributed by atoms with Crippen LogP contribution in [0.3, 0.4) is 0 Å². The topological polar surface area (TPSA) is 49.6 Å². The maximum atomic E-state index is 11.0. The second-order valence-electron chi connectivity index (χ2n) is 6.06. The highest BCUT2D eigenvalue weighted by atomic mass is 79.9. The van der Waals surface area contributed by atoms with E-state index in [2.05, 4.69) is 25.7 Å². The lowest BCUT2D eigenvalue weighted by Crippen LogP contribution is -2.46. The molecule has 1 heterocycles. The van der Waals surface area contributed by atoms with Gasteiger partial charge in [-0.05, 0) is 46.3 Å². The van der Waals surface area contributed by atoms with E-state index in [1.807, 2.05) is 6.07 Å². The summed E-state index contributed by atoms with van der Waals surface area (Å²) in [5.41, 5.74) is 1.17. The first-order valence-corrected chi connectivity index (χ1v) is 8.28. The fourth-order valence-corrected chi connectivity index (χ4v) is 3.24. The first kappa shape index (κ1) is 14.9. The molecule has 1 aliphatic carbocycles. The molecule has 0 spiro atoms. The van der Waals surface area contributed by atoms with Gasteiger partial charge < -0.3 is 4.90 Å². The number of rotatable bonds is 5. The van der Waals surface area contributed by atoms with Gasteiger partial charge in [-0.3, -0.25) is 15.0 Å². The summed E-state index contributed by atoms with van der Waals surface area (Å²) >= 11 is 3.23. The molecule has 1 aliphatic heterocycles. The molecule has 21 heavy (non-hydrogen) atoms. The average Bonchev–Trinajstić information content (AvgIpc) is 3.27. The molecular weight excluding hydrogens is 334 g/mol. The van der Waals surface area contributed by atoms with Crippen LogP contribution in [0.25, 0.3) is 0 Å². The van der Waals surface area contributed by atoms with E-state index in [0.29, 0.717) is 4.47 Å². The zero-order valence-corrected chi connectivity index (χ0v) is 13.6. The number of hydrogen-bond acceptors (Lipinski definition) is 4. The smallest absolute Gasteiger partial charge is 0.283 e. The van der Waals surface area contributed by atoms with Crippen LogP contribution < -0.4 is 0 Å². The molecule has 2 aliphatic rings. The molecule has 1 aromatic rings. The molecule has 3 rings (SSSR count). The molecule has 0 atom stereocenters. The van der Waals surface area contributed by atoms with Crippen LogP contribution in [0.2, 0.25) is 0 Å². The van der Waals surface area contributed by atoms with E-state index in [0.717, 1.165) is 44.2 Å². The minimum Gasteiger partial charge on any atom is -0.301 e. The second kappa shape index (κ2) is 6.42. The number of piperazine rings is 1. The highest BCUT2D eigenvalue weighted by Crippen LogP contribution is 2.30. The monoisotopic (exact) mass is 353 g/mol. The maximum absolute atomic E-state index is 11.0. The van der Waals surface area contributed by atoms with Crippen molar-refractivity contribution in [2.75, 3.05) is 32.7 Å². The van der Waals surface area contributed by atoms with E-state index in [4.69, 9.17) is 0 Å². The van der Waals surface area contributed by atoms with Gasteiger partial charge in [-0.15, -0.1) is 0 Å². The summed E-state index contributed by atoms with van der Waals surface area (Å²) in [4.78, 5) is 15.6. The maximum Gasteiger partial charge on any atom is 0.283 e. The number of benzene rings is 1. The van der Waals surface area contributed by atoms with Crippen LogP contribution in [0, 0.1) is 16.0 Å². The van der Waals surface area contributed by atoms with E-state index in [-0.39, 0.29) is 10.6 Å². The molecule has 0 amide bonds. The van der Waals surface area contributed by atoms with Crippen LogP contribution in [-0.4, -0.2) is 47.4 Å². The lowest BCUT2D eigenvalue weighted by atomic mass is 10.1. The Hall–Kier alpha value is -0.980. The Morgan fingerprint density at radius 3 is 2.48 bits per heavy atom. The minimum atomic E-state index is -0.332. The molecule has 5 nitrogen and oxygen atoms in total. The lowest BCUT2D eigenvalue weighted by Gasteiger charge is -2.34. The van der Waals surface area contributed by atoms with E-state index < -0.39 is 0 Å². The van der Waals surface area contributed by atoms with Crippen molar-refractivity contribution in [3.63, 3.8) is 0 Å². The van der Waals surface area contributed by atoms with Crippen molar-refractivity contribution in [1.82, 2.24) is 9.80 Å². The summed E-state index contributed by atoms with van der Waals surface area (Å²) in [6.07, 6.45) is 2.81. The van der Waals surface area contributed by atoms with Crippen LogP contribution in [0.15, 0.2) is 22.7 Å². The standard InChI is InChI=1S/C15H20BrN3O2/c16-14-4-3-13(9-15(14)19(20)21)11-18-7-5-17(6-8-18)10-12-1-2-12/h3-4,9,12H,1-2,5-8,10-11H2. The zero-order chi connectivity index (χ0) is 14.8. The molecule has 114 valence electrons. The van der Waals surface area contributed by atoms with Gasteiger partial charge in [0, 0.05) is 45.3 Å². The van der Waals surface area contributed by atoms with E-state index in [9.17, 15) is 10.1 Å². The Labute approximate surface area is 133 Å². The average molecular weight is 354 g/mol. The quantitative estimate of drug-likeness (QED) is 0.603. The van der Waals surface area contributed by atoms with E-state index in [1.165, 1.54) is 19.4 Å². The summed E-state index contributed by atoms with van der Waals surface area (Å²) in [5, 5.41) is 11.0. The number of nitrogens with zero attached hydrogens (tertiary/aromatic N) is 3. The molecule has 6 heteroatoms. The third-order valence-corrected chi connectivity index (χ3v) is 4.96. The molecule has 0 bridgehead atoms. The van der Waals surface area contributed by atoms with Gasteiger partial charge in [0.05, 0.1) is 9.40 Å². The zero-order valence-electron chi connectivity index (χ0n) is 12.0. The Balaban J connectivity index is 1.55. The largest absolute Gasteiger partial charge is 0.301 e. The van der Waals surface area contributed by atoms with Gasteiger partial charge in [-0.2, -0.15) is 0 Å². The van der Waals surface area contributed by atoms with Crippen LogP contribution in [0.4, 0.5) is 5.69 Å². The molecule has 2 fully saturated rings. The first-order valence-electron chi connectivity index (χ1n) is 7.49. The van der Waals surface area contributed by atoms with Crippen molar-refractivity contribution in [1.29, 1.82) is 0 Å². The molecule has 0 N–H and O–H groups in total. The third-order valence-electron chi connectivity index (χ3n) is 4.29. The lowest BCUT2D eigenvalue weighted by molar-refractivity contribution is -0.385. The van der Waals surface area contributed by atoms with Crippen LogP contribution >= 0.6 is 15.9 Å². The van der Waals surface area contributed by atoms with Gasteiger partial charge in [0.2, 0.25) is 0 Å². The van der Waals surface area contributed by atoms with Crippen molar-refractivity contribution in [2.45, 2.75) is 19.4 Å². The van der Waals surface area contributed by atoms with Gasteiger partial charge in [-0.25, -0.2) is 0 Å². The molecule has 0 aromatic heterocycles. The summed E-state index contributed by atoms with van der Waals surface area (Å²) in [6, 6.07) is 5.42. The van der Waals surface area contributed by atoms with E-state index in [1.54, 1.807) is 12.1 Å². The molecule has 1 saturated carbocycles. The summed E-state index contributed by atoms with van der Waals surface area (Å²) in [5.74, 6) is 0.950. The van der Waals surface area contributed by atoms with Crippen molar-refractivity contribution in [2.24, 2.45) is 5.92 Å². The van der Waals surface area contributed by atoms with Gasteiger partial charge in [-0.1, -0.05) is 6.07 Å². The fraction of sp³-hybridized carbons (Fsp3) is 0.600. The van der Waals surface area contributed by atoms with Crippen molar-refractivity contribution in [3.05, 3.63) is 38.3 Å². The second-order valence-corrected chi connectivity index (χ2v) is 6.92. The van der Waals surface area contributed by atoms with Gasteiger partial charge in [0.1, 0.15) is 0 Å². The number of hydrogen-bond donors (Lipinski definition) is 0. The van der Waals surface area contributed by atoms with E-state index >= 15 is 0 Å². The number of nitro benzene ring substituents is 1. The Morgan fingerprint density at radius 1 is 1.19 bits per heavy atom. The van der Waals surface area contributed by atoms with Gasteiger partial charge >= 0.3 is 0 Å². The summed E-state index contributed by atoms with van der Waals surface area (Å²) in [7, 11) is 0. The fourth-order valence-electron chi connectivity index (χ4n) is 2.85. The molecule has 1 saturated heterocycles. The first-order chi connectivity index (χ1) is 10.1. The predicted molar refractivity (Wildman–Crippen MR) is 85.2 cm³/mol. The van der Waals surface area contributed by atoms with Crippen molar-refractivity contribution < 1.29 is 4.92 Å². The SMILES string of the molecule is O=[N+]([O-])c1cc(CN2CCN(CC3CC3)CC2)ccc1Br. The molecular formula is C15H20BrN3O2. The highest BCUT2D eigenvalue weighted by Gasteiger charge is 2.26. The van der Waals surface area contributed by atoms with Crippen molar-refractivity contribution >= 4 is 21.6 Å². The number of halogens is 1. The Morgan fingerprint density at radius 2 is 1.86 bits per heavy atom. The third kappa shape index (κ3) is 4.02. The summed E-state index contributed by atoms with van der Waals surface area (Å²) < 4.78 is 0.547. The molecule has 1 aromatic carbocycles. The van der Waals surface area contributed by atoms with Gasteiger partial charge in [0.15, 0.2) is 0 Å². The highest BCUT2D eigenvalue weighted by molar-refractivity contribution is 9.10. The molecule has 0 radical (unpaired) electrons. The summed E-state index contributed by atoms with van der Waals surface area (Å²) in [6.45, 7) is 6.40. The Bertz CT molecular complexity index is 526. The van der Waals surface area contributed by atoms with Gasteiger partial charge in [0.25, 0.3) is 5.69 Å². The number of nitro groups is 1. The normalized spacial score (nSPS) is 20.6. The predicted octanol–water partition coefficient (Wildman–Crippen LogP) is 2.88. The van der Waals surface area contributed by atoms with Crippen LogP contribution in [0.5, 0.6) is 0 Å². The van der Waals surface area contributed by atoms with Crippen LogP contribution in [-0.2, 0) is 6.54 Å². The van der Waals surface area contributed by atoms with Crippen molar-refractivity contribution in [3.8, 4) is 0 Å².